The number of carbonyl (C=O) groups is 1. The number of nitrogens with two attached hydrogens (primary N) is 1. The summed E-state index contributed by atoms with van der Waals surface area (Å²) in [7, 11) is 0. The van der Waals surface area contributed by atoms with Gasteiger partial charge < -0.3 is 10.8 Å². The Morgan fingerprint density at radius 2 is 1.63 bits per heavy atom. The van der Waals surface area contributed by atoms with E-state index in [1.165, 1.54) is 19.3 Å². The topological polar surface area (TPSA) is 63.3 Å². The van der Waals surface area contributed by atoms with Gasteiger partial charge in [0, 0.05) is 12.1 Å². The number of carboxylic acids is 1. The highest BCUT2D eigenvalue weighted by Crippen LogP contribution is 2.13. The van der Waals surface area contributed by atoms with Crippen LogP contribution in [0.3, 0.4) is 0 Å². The number of para-hydroxylation sites is 1. The van der Waals surface area contributed by atoms with Gasteiger partial charge in [0.25, 0.3) is 0 Å². The highest BCUT2D eigenvalue weighted by Gasteiger charge is 1.94. The van der Waals surface area contributed by atoms with Gasteiger partial charge in [0.1, 0.15) is 0 Å². The Bertz CT molecular complexity index is 355. The SMILES string of the molecule is CCCCCCCC(=O)O.Cc1cccc(C)c1N. The van der Waals surface area contributed by atoms with Crippen molar-refractivity contribution in [2.45, 2.75) is 59.3 Å². The maximum Gasteiger partial charge on any atom is 0.303 e. The van der Waals surface area contributed by atoms with E-state index in [2.05, 4.69) is 6.92 Å². The molecule has 0 radical (unpaired) electrons. The molecule has 3 N–H and O–H groups in total. The number of anilines is 1. The van der Waals surface area contributed by atoms with Crippen LogP contribution in [0.15, 0.2) is 18.2 Å². The molecule has 0 aliphatic heterocycles. The van der Waals surface area contributed by atoms with Gasteiger partial charge in [-0.25, -0.2) is 0 Å². The van der Waals surface area contributed by atoms with E-state index in [0.717, 1.165) is 29.7 Å². The monoisotopic (exact) mass is 265 g/mol. The van der Waals surface area contributed by atoms with E-state index in [1.54, 1.807) is 0 Å². The van der Waals surface area contributed by atoms with Crippen LogP contribution >= 0.6 is 0 Å². The van der Waals surface area contributed by atoms with E-state index in [9.17, 15) is 4.79 Å². The van der Waals surface area contributed by atoms with Crippen molar-refractivity contribution in [1.82, 2.24) is 0 Å². The molecule has 0 amide bonds. The molecule has 0 aliphatic rings. The average Bonchev–Trinajstić information content (AvgIpc) is 2.36. The van der Waals surface area contributed by atoms with Crippen LogP contribution in [0.25, 0.3) is 0 Å². The zero-order valence-electron chi connectivity index (χ0n) is 12.4. The first kappa shape index (κ1) is 17.5. The van der Waals surface area contributed by atoms with E-state index >= 15 is 0 Å². The van der Waals surface area contributed by atoms with Gasteiger partial charge in [0.15, 0.2) is 0 Å². The molecule has 1 aromatic carbocycles. The van der Waals surface area contributed by atoms with Gasteiger partial charge in [0.2, 0.25) is 0 Å². The fourth-order valence-corrected chi connectivity index (χ4v) is 1.71. The number of rotatable bonds is 6. The van der Waals surface area contributed by atoms with Crippen LogP contribution in [0.5, 0.6) is 0 Å². The Morgan fingerprint density at radius 1 is 1.11 bits per heavy atom. The Hall–Kier alpha value is -1.51. The van der Waals surface area contributed by atoms with E-state index in [0.29, 0.717) is 6.42 Å². The van der Waals surface area contributed by atoms with Gasteiger partial charge in [-0.05, 0) is 31.4 Å². The summed E-state index contributed by atoms with van der Waals surface area (Å²) in [6.45, 7) is 6.18. The quantitative estimate of drug-likeness (QED) is 0.595. The van der Waals surface area contributed by atoms with Gasteiger partial charge in [-0.3, -0.25) is 4.79 Å². The minimum atomic E-state index is -0.670. The zero-order chi connectivity index (χ0) is 14.7. The van der Waals surface area contributed by atoms with Crippen LogP contribution in [-0.2, 0) is 4.79 Å². The van der Waals surface area contributed by atoms with Crippen LogP contribution in [0.4, 0.5) is 5.69 Å². The number of hydrogen-bond acceptors (Lipinski definition) is 2. The molecule has 0 aromatic heterocycles. The number of carboxylic acid groups (broad SMARTS) is 1. The zero-order valence-corrected chi connectivity index (χ0v) is 12.4. The lowest BCUT2D eigenvalue weighted by Crippen LogP contribution is -1.93. The van der Waals surface area contributed by atoms with Crippen molar-refractivity contribution in [3.8, 4) is 0 Å². The molecule has 0 fully saturated rings. The summed E-state index contributed by atoms with van der Waals surface area (Å²) in [5.74, 6) is -0.670. The molecule has 0 bridgehead atoms. The summed E-state index contributed by atoms with van der Waals surface area (Å²) >= 11 is 0. The maximum absolute atomic E-state index is 10.0. The predicted octanol–water partition coefficient (Wildman–Crippen LogP) is 4.32. The van der Waals surface area contributed by atoms with Gasteiger partial charge >= 0.3 is 5.97 Å². The van der Waals surface area contributed by atoms with Gasteiger partial charge in [-0.15, -0.1) is 0 Å². The normalized spacial score (nSPS) is 9.63. The van der Waals surface area contributed by atoms with Crippen LogP contribution in [-0.4, -0.2) is 11.1 Å². The third-order valence-electron chi connectivity index (χ3n) is 3.04. The van der Waals surface area contributed by atoms with Crippen molar-refractivity contribution in [3.63, 3.8) is 0 Å². The van der Waals surface area contributed by atoms with Gasteiger partial charge in [-0.2, -0.15) is 0 Å². The smallest absolute Gasteiger partial charge is 0.303 e. The number of benzene rings is 1. The average molecular weight is 265 g/mol. The molecular formula is C16H27NO2. The minimum absolute atomic E-state index is 0.337. The lowest BCUT2D eigenvalue weighted by Gasteiger charge is -2.00. The second kappa shape index (κ2) is 10.4. The molecule has 0 heterocycles. The number of nitrogen functional groups attached to an aromatic ring is 1. The Balaban J connectivity index is 0.000000342. The van der Waals surface area contributed by atoms with Crippen LogP contribution in [0.1, 0.15) is 56.6 Å². The van der Waals surface area contributed by atoms with E-state index in [-0.39, 0.29) is 0 Å². The lowest BCUT2D eigenvalue weighted by atomic mass is 10.1. The largest absolute Gasteiger partial charge is 0.481 e. The number of unbranched alkanes of at least 4 members (excludes halogenated alkanes) is 4. The first-order valence-corrected chi connectivity index (χ1v) is 7.02. The summed E-state index contributed by atoms with van der Waals surface area (Å²) in [4.78, 5) is 10.0. The molecule has 3 nitrogen and oxygen atoms in total. The van der Waals surface area contributed by atoms with Gasteiger partial charge in [0.05, 0.1) is 0 Å². The van der Waals surface area contributed by atoms with E-state index in [1.807, 2.05) is 32.0 Å². The highest BCUT2D eigenvalue weighted by molar-refractivity contribution is 5.66. The Kier molecular flexibility index (Phi) is 9.59. The molecular weight excluding hydrogens is 238 g/mol. The molecule has 0 spiro atoms. The molecule has 0 saturated carbocycles. The first-order valence-electron chi connectivity index (χ1n) is 7.02. The molecule has 0 saturated heterocycles. The number of aliphatic carboxylic acids is 1. The fraction of sp³-hybridized carbons (Fsp3) is 0.562. The second-order valence-corrected chi connectivity index (χ2v) is 4.86. The standard InChI is InChI=1S/C8H11N.C8H16O2/c1-6-4-3-5-7(2)8(6)9;1-2-3-4-5-6-7-8(9)10/h3-5H,9H2,1-2H3;2-7H2,1H3,(H,9,10). The fourth-order valence-electron chi connectivity index (χ4n) is 1.71. The molecule has 0 unspecified atom stereocenters. The third-order valence-corrected chi connectivity index (χ3v) is 3.04. The highest BCUT2D eigenvalue weighted by atomic mass is 16.4. The predicted molar refractivity (Wildman–Crippen MR) is 81.3 cm³/mol. The Morgan fingerprint density at radius 3 is 2.05 bits per heavy atom. The van der Waals surface area contributed by atoms with Crippen molar-refractivity contribution in [2.24, 2.45) is 0 Å². The molecule has 19 heavy (non-hydrogen) atoms. The van der Waals surface area contributed by atoms with Crippen molar-refractivity contribution >= 4 is 11.7 Å². The van der Waals surface area contributed by atoms with Crippen LogP contribution < -0.4 is 5.73 Å². The third kappa shape index (κ3) is 9.11. The second-order valence-electron chi connectivity index (χ2n) is 4.86. The van der Waals surface area contributed by atoms with Crippen molar-refractivity contribution < 1.29 is 9.90 Å². The lowest BCUT2D eigenvalue weighted by molar-refractivity contribution is -0.137. The maximum atomic E-state index is 10.0. The summed E-state index contributed by atoms with van der Waals surface area (Å²) in [6, 6.07) is 6.05. The Labute approximate surface area is 116 Å². The molecule has 1 rings (SSSR count). The molecule has 1 aromatic rings. The van der Waals surface area contributed by atoms with Gasteiger partial charge in [-0.1, -0.05) is 50.8 Å². The van der Waals surface area contributed by atoms with E-state index < -0.39 is 5.97 Å². The summed E-state index contributed by atoms with van der Waals surface area (Å²) < 4.78 is 0. The summed E-state index contributed by atoms with van der Waals surface area (Å²) in [5, 5.41) is 8.27. The minimum Gasteiger partial charge on any atom is -0.481 e. The van der Waals surface area contributed by atoms with Crippen molar-refractivity contribution in [3.05, 3.63) is 29.3 Å². The summed E-state index contributed by atoms with van der Waals surface area (Å²) in [5.41, 5.74) is 8.92. The first-order chi connectivity index (χ1) is 8.99. The molecule has 3 heteroatoms. The van der Waals surface area contributed by atoms with Crippen molar-refractivity contribution in [1.29, 1.82) is 0 Å². The van der Waals surface area contributed by atoms with Crippen molar-refractivity contribution in [2.75, 3.05) is 5.73 Å². The molecule has 108 valence electrons. The van der Waals surface area contributed by atoms with Crippen LogP contribution in [0, 0.1) is 13.8 Å². The number of hydrogen-bond donors (Lipinski definition) is 2. The van der Waals surface area contributed by atoms with E-state index in [4.69, 9.17) is 10.8 Å². The molecule has 0 aliphatic carbocycles. The summed E-state index contributed by atoms with van der Waals surface area (Å²) in [6.07, 6.45) is 5.88. The number of aryl methyl sites for hydroxylation is 2. The van der Waals surface area contributed by atoms with Crippen LogP contribution in [0.2, 0.25) is 0 Å². The molecule has 0 atom stereocenters.